The van der Waals surface area contributed by atoms with E-state index < -0.39 is 5.82 Å². The number of rotatable bonds is 5. The van der Waals surface area contributed by atoms with Gasteiger partial charge in [-0.3, -0.25) is 9.69 Å². The SMILES string of the molecule is Cc1cccc(-c2ccc3nc(-c4ccc(F)cc4)c(CN4CCN(C(=O)c5ccccc5F)CC4)n3c2)c1. The lowest BCUT2D eigenvalue weighted by Gasteiger charge is -2.34. The number of amides is 1. The Morgan fingerprint density at radius 3 is 2.31 bits per heavy atom. The summed E-state index contributed by atoms with van der Waals surface area (Å²) in [6, 6.07) is 25.0. The smallest absolute Gasteiger partial charge is 0.256 e. The molecule has 0 radical (unpaired) electrons. The molecule has 7 heteroatoms. The number of fused-ring (bicyclic) bond motifs is 1. The van der Waals surface area contributed by atoms with E-state index in [1.54, 1.807) is 29.2 Å². The average molecular weight is 523 g/mol. The third kappa shape index (κ3) is 5.05. The second-order valence-corrected chi connectivity index (χ2v) is 9.98. The topological polar surface area (TPSA) is 40.9 Å². The molecule has 196 valence electrons. The molecule has 3 heterocycles. The van der Waals surface area contributed by atoms with E-state index in [0.29, 0.717) is 32.7 Å². The van der Waals surface area contributed by atoms with Gasteiger partial charge < -0.3 is 9.30 Å². The van der Waals surface area contributed by atoms with Crippen LogP contribution in [0.5, 0.6) is 0 Å². The van der Waals surface area contributed by atoms with Gasteiger partial charge in [-0.15, -0.1) is 0 Å². The zero-order chi connectivity index (χ0) is 26.9. The number of benzene rings is 3. The second kappa shape index (κ2) is 10.4. The second-order valence-electron chi connectivity index (χ2n) is 9.98. The molecule has 0 bridgehead atoms. The van der Waals surface area contributed by atoms with Crippen LogP contribution in [0.2, 0.25) is 0 Å². The fraction of sp³-hybridized carbons (Fsp3) is 0.188. The van der Waals surface area contributed by atoms with Crippen molar-refractivity contribution in [3.8, 4) is 22.4 Å². The van der Waals surface area contributed by atoms with Crippen molar-refractivity contribution in [3.05, 3.63) is 120 Å². The van der Waals surface area contributed by atoms with Gasteiger partial charge in [-0.25, -0.2) is 13.8 Å². The first-order chi connectivity index (χ1) is 19.0. The van der Waals surface area contributed by atoms with Crippen molar-refractivity contribution < 1.29 is 13.6 Å². The number of nitrogens with zero attached hydrogens (tertiary/aromatic N) is 4. The molecule has 5 nitrogen and oxygen atoms in total. The Hall–Kier alpha value is -4.36. The van der Waals surface area contributed by atoms with Crippen molar-refractivity contribution in [1.82, 2.24) is 19.2 Å². The minimum atomic E-state index is -0.496. The third-order valence-corrected chi connectivity index (χ3v) is 7.32. The number of halogens is 2. The molecule has 0 unspecified atom stereocenters. The molecule has 1 aliphatic rings. The van der Waals surface area contributed by atoms with Gasteiger partial charge in [0, 0.05) is 44.5 Å². The lowest BCUT2D eigenvalue weighted by Crippen LogP contribution is -2.48. The van der Waals surface area contributed by atoms with Gasteiger partial charge in [-0.2, -0.15) is 0 Å². The summed E-state index contributed by atoms with van der Waals surface area (Å²) in [7, 11) is 0. The van der Waals surface area contributed by atoms with E-state index in [1.807, 2.05) is 6.07 Å². The summed E-state index contributed by atoms with van der Waals surface area (Å²) in [5.74, 6) is -1.07. The van der Waals surface area contributed by atoms with Crippen LogP contribution in [0.15, 0.2) is 91.1 Å². The van der Waals surface area contributed by atoms with Crippen LogP contribution >= 0.6 is 0 Å². The van der Waals surface area contributed by atoms with Crippen LogP contribution in [0, 0.1) is 18.6 Å². The Bertz CT molecular complexity index is 1650. The Morgan fingerprint density at radius 1 is 0.821 bits per heavy atom. The first kappa shape index (κ1) is 24.9. The average Bonchev–Trinajstić information content (AvgIpc) is 3.31. The zero-order valence-electron chi connectivity index (χ0n) is 21.6. The van der Waals surface area contributed by atoms with E-state index in [9.17, 15) is 13.6 Å². The molecule has 1 saturated heterocycles. The Balaban J connectivity index is 1.31. The highest BCUT2D eigenvalue weighted by molar-refractivity contribution is 5.94. The molecule has 1 fully saturated rings. The van der Waals surface area contributed by atoms with Crippen LogP contribution in [0.25, 0.3) is 28.0 Å². The summed E-state index contributed by atoms with van der Waals surface area (Å²) in [5.41, 5.74) is 6.97. The van der Waals surface area contributed by atoms with Gasteiger partial charge in [0.2, 0.25) is 0 Å². The summed E-state index contributed by atoms with van der Waals surface area (Å²) < 4.78 is 30.0. The number of piperazine rings is 1. The number of hydrogen-bond acceptors (Lipinski definition) is 3. The van der Waals surface area contributed by atoms with Gasteiger partial charge in [0.25, 0.3) is 5.91 Å². The predicted molar refractivity (Wildman–Crippen MR) is 148 cm³/mol. The minimum absolute atomic E-state index is 0.106. The van der Waals surface area contributed by atoms with Crippen molar-refractivity contribution in [3.63, 3.8) is 0 Å². The number of hydrogen-bond donors (Lipinski definition) is 0. The van der Waals surface area contributed by atoms with Crippen LogP contribution in [0.3, 0.4) is 0 Å². The van der Waals surface area contributed by atoms with Crippen LogP contribution in [-0.2, 0) is 6.54 Å². The minimum Gasteiger partial charge on any atom is -0.336 e. The first-order valence-corrected chi connectivity index (χ1v) is 13.1. The van der Waals surface area contributed by atoms with Crippen LogP contribution in [-0.4, -0.2) is 51.3 Å². The van der Waals surface area contributed by atoms with Crippen molar-refractivity contribution in [2.75, 3.05) is 26.2 Å². The number of carbonyl (C=O) groups is 1. The van der Waals surface area contributed by atoms with Crippen LogP contribution in [0.1, 0.15) is 21.6 Å². The quantitative estimate of drug-likeness (QED) is 0.276. The molecule has 1 aliphatic heterocycles. The maximum atomic E-state index is 14.2. The number of pyridine rings is 1. The Morgan fingerprint density at radius 2 is 1.56 bits per heavy atom. The fourth-order valence-corrected chi connectivity index (χ4v) is 5.20. The maximum Gasteiger partial charge on any atom is 0.256 e. The van der Waals surface area contributed by atoms with Gasteiger partial charge in [-0.1, -0.05) is 42.0 Å². The summed E-state index contributed by atoms with van der Waals surface area (Å²) in [6.07, 6.45) is 2.11. The largest absolute Gasteiger partial charge is 0.336 e. The molecule has 1 amide bonds. The Kier molecular flexibility index (Phi) is 6.67. The maximum absolute atomic E-state index is 14.2. The Labute approximate surface area is 226 Å². The number of aryl methyl sites for hydroxylation is 1. The highest BCUT2D eigenvalue weighted by Gasteiger charge is 2.26. The first-order valence-electron chi connectivity index (χ1n) is 13.1. The number of carbonyl (C=O) groups excluding carboxylic acids is 1. The molecule has 0 N–H and O–H groups in total. The normalized spacial score (nSPS) is 14.2. The third-order valence-electron chi connectivity index (χ3n) is 7.32. The van der Waals surface area contributed by atoms with Crippen molar-refractivity contribution >= 4 is 11.6 Å². The van der Waals surface area contributed by atoms with Gasteiger partial charge in [0.05, 0.1) is 17.0 Å². The standard InChI is InChI=1S/C32H28F2N4O/c1-22-5-4-6-24(19-22)25-11-14-30-35-31(23-9-12-26(33)13-10-23)29(38(30)20-25)21-36-15-17-37(18-16-36)32(39)27-7-2-3-8-28(27)34/h2-14,19-20H,15-18,21H2,1H3. The zero-order valence-corrected chi connectivity index (χ0v) is 21.6. The predicted octanol–water partition coefficient (Wildman–Crippen LogP) is 6.21. The van der Waals surface area contributed by atoms with Crippen molar-refractivity contribution in [2.45, 2.75) is 13.5 Å². The molecular weight excluding hydrogens is 494 g/mol. The number of imidazole rings is 1. The van der Waals surface area contributed by atoms with E-state index in [1.165, 1.54) is 29.8 Å². The van der Waals surface area contributed by atoms with E-state index in [2.05, 4.69) is 52.8 Å². The summed E-state index contributed by atoms with van der Waals surface area (Å²) in [4.78, 5) is 21.8. The molecule has 0 saturated carbocycles. The van der Waals surface area contributed by atoms with Crippen LogP contribution in [0.4, 0.5) is 8.78 Å². The van der Waals surface area contributed by atoms with E-state index >= 15 is 0 Å². The van der Waals surface area contributed by atoms with Crippen LogP contribution < -0.4 is 0 Å². The highest BCUT2D eigenvalue weighted by atomic mass is 19.1. The lowest BCUT2D eigenvalue weighted by atomic mass is 10.1. The van der Waals surface area contributed by atoms with E-state index in [4.69, 9.17) is 4.98 Å². The molecule has 0 aliphatic carbocycles. The van der Waals surface area contributed by atoms with E-state index in [0.717, 1.165) is 33.7 Å². The molecule has 2 aromatic heterocycles. The fourth-order valence-electron chi connectivity index (χ4n) is 5.20. The van der Waals surface area contributed by atoms with Gasteiger partial charge in [0.1, 0.15) is 17.3 Å². The summed E-state index contributed by atoms with van der Waals surface area (Å²) in [6.45, 7) is 4.98. The lowest BCUT2D eigenvalue weighted by molar-refractivity contribution is 0.0622. The molecule has 3 aromatic carbocycles. The monoisotopic (exact) mass is 522 g/mol. The van der Waals surface area contributed by atoms with Crippen molar-refractivity contribution in [1.29, 1.82) is 0 Å². The number of aromatic nitrogens is 2. The summed E-state index contributed by atoms with van der Waals surface area (Å²) in [5, 5.41) is 0. The highest BCUT2D eigenvalue weighted by Crippen LogP contribution is 2.29. The van der Waals surface area contributed by atoms with E-state index in [-0.39, 0.29) is 17.3 Å². The molecule has 39 heavy (non-hydrogen) atoms. The molecular formula is C32H28F2N4O. The summed E-state index contributed by atoms with van der Waals surface area (Å²) >= 11 is 0. The van der Waals surface area contributed by atoms with Gasteiger partial charge in [0.15, 0.2) is 0 Å². The molecule has 5 aromatic rings. The molecule has 6 rings (SSSR count). The molecule has 0 atom stereocenters. The van der Waals surface area contributed by atoms with Crippen molar-refractivity contribution in [2.24, 2.45) is 0 Å². The molecule has 0 spiro atoms. The van der Waals surface area contributed by atoms with Gasteiger partial charge >= 0.3 is 0 Å². The van der Waals surface area contributed by atoms with Gasteiger partial charge in [-0.05, 0) is 66.6 Å².